The Labute approximate surface area is 364 Å². The largest absolute Gasteiger partial charge is 0.455 e. The lowest BCUT2D eigenvalue weighted by Crippen LogP contribution is -1.95. The van der Waals surface area contributed by atoms with Crippen LogP contribution >= 0.6 is 0 Å². The SMILES string of the molecule is c1ccc(-c2cc(-c3ccc(-c4ccc(-c5ccc(-c6ccc7c(c6)oc6c7ccc7c(-c8ccccc8)nc8ccccc8c76)cc5)cc4)cc3)nc(-c3ccccc3)n2)cc1. The molecule has 4 heteroatoms. The number of rotatable bonds is 7. The number of aromatic nitrogens is 3. The number of hydrogen-bond donors (Lipinski definition) is 0. The summed E-state index contributed by atoms with van der Waals surface area (Å²) in [6.07, 6.45) is 0. The van der Waals surface area contributed by atoms with E-state index in [1.165, 1.54) is 11.1 Å². The fourth-order valence-electron chi connectivity index (χ4n) is 8.88. The Morgan fingerprint density at radius 2 is 0.730 bits per heavy atom. The normalized spacial score (nSPS) is 11.5. The lowest BCUT2D eigenvalue weighted by Gasteiger charge is -2.10. The molecule has 0 radical (unpaired) electrons. The van der Waals surface area contributed by atoms with Gasteiger partial charge in [-0.3, -0.25) is 0 Å². The Balaban J connectivity index is 0.817. The van der Waals surface area contributed by atoms with E-state index in [0.29, 0.717) is 5.82 Å². The standard InChI is InChI=1S/C59H37N3O/c1-4-12-43(13-5-1)53-37-54(62-59(61-53)46-16-8-3-9-17-46)44-30-28-41(29-31-44)39-22-20-38(21-23-39)40-24-26-42(27-25-40)47-32-33-48-49-34-35-51-56(58(49)63-55(48)36-47)50-18-10-11-19-52(50)60-57(51)45-14-6-2-7-15-45/h1-37H. The number of para-hydroxylation sites is 1. The van der Waals surface area contributed by atoms with Gasteiger partial charge in [0.15, 0.2) is 5.82 Å². The summed E-state index contributed by atoms with van der Waals surface area (Å²) in [5, 5.41) is 5.48. The van der Waals surface area contributed by atoms with Crippen LogP contribution in [0.2, 0.25) is 0 Å². The highest BCUT2D eigenvalue weighted by Crippen LogP contribution is 2.42. The van der Waals surface area contributed by atoms with E-state index in [0.717, 1.165) is 105 Å². The van der Waals surface area contributed by atoms with Gasteiger partial charge in [0.2, 0.25) is 0 Å². The first kappa shape index (κ1) is 36.4. The zero-order chi connectivity index (χ0) is 41.7. The van der Waals surface area contributed by atoms with Crippen molar-refractivity contribution in [3.05, 3.63) is 224 Å². The molecule has 63 heavy (non-hydrogen) atoms. The van der Waals surface area contributed by atoms with Crippen molar-refractivity contribution in [3.8, 4) is 78.5 Å². The van der Waals surface area contributed by atoms with E-state index in [2.05, 4.69) is 176 Å². The molecule has 294 valence electrons. The summed E-state index contributed by atoms with van der Waals surface area (Å²) in [5.41, 5.74) is 16.6. The molecule has 0 unspecified atom stereocenters. The second-order valence-electron chi connectivity index (χ2n) is 15.9. The van der Waals surface area contributed by atoms with Gasteiger partial charge in [0, 0.05) is 49.2 Å². The fraction of sp³-hybridized carbons (Fsp3) is 0. The van der Waals surface area contributed by atoms with Crippen LogP contribution in [0.25, 0.3) is 122 Å². The predicted molar refractivity (Wildman–Crippen MR) is 260 cm³/mol. The van der Waals surface area contributed by atoms with E-state index in [9.17, 15) is 0 Å². The summed E-state index contributed by atoms with van der Waals surface area (Å²) in [5.74, 6) is 0.714. The average Bonchev–Trinajstić information content (AvgIpc) is 3.75. The van der Waals surface area contributed by atoms with E-state index < -0.39 is 0 Å². The van der Waals surface area contributed by atoms with Crippen LogP contribution in [0.4, 0.5) is 0 Å². The Morgan fingerprint density at radius 1 is 0.286 bits per heavy atom. The number of hydrogen-bond acceptors (Lipinski definition) is 4. The lowest BCUT2D eigenvalue weighted by molar-refractivity contribution is 0.673. The van der Waals surface area contributed by atoms with E-state index in [1.807, 2.05) is 48.5 Å². The summed E-state index contributed by atoms with van der Waals surface area (Å²) in [6, 6.07) is 78.5. The topological polar surface area (TPSA) is 51.8 Å². The van der Waals surface area contributed by atoms with Crippen LogP contribution in [-0.2, 0) is 0 Å². The maximum Gasteiger partial charge on any atom is 0.160 e. The minimum atomic E-state index is 0.714. The number of benzene rings is 9. The van der Waals surface area contributed by atoms with Crippen molar-refractivity contribution in [2.75, 3.05) is 0 Å². The number of pyridine rings is 1. The zero-order valence-corrected chi connectivity index (χ0v) is 34.1. The molecule has 0 N–H and O–H groups in total. The van der Waals surface area contributed by atoms with Gasteiger partial charge >= 0.3 is 0 Å². The summed E-state index contributed by atoms with van der Waals surface area (Å²) >= 11 is 0. The van der Waals surface area contributed by atoms with Crippen molar-refractivity contribution in [3.63, 3.8) is 0 Å². The van der Waals surface area contributed by atoms with Crippen molar-refractivity contribution in [2.45, 2.75) is 0 Å². The molecule has 4 nitrogen and oxygen atoms in total. The van der Waals surface area contributed by atoms with Crippen LogP contribution in [0.15, 0.2) is 229 Å². The fourth-order valence-corrected chi connectivity index (χ4v) is 8.88. The molecule has 0 bridgehead atoms. The average molecular weight is 804 g/mol. The Bertz CT molecular complexity index is 3560. The highest BCUT2D eigenvalue weighted by Gasteiger charge is 2.18. The Morgan fingerprint density at radius 3 is 1.33 bits per heavy atom. The lowest BCUT2D eigenvalue weighted by atomic mass is 9.96. The summed E-state index contributed by atoms with van der Waals surface area (Å²) in [4.78, 5) is 15.1. The number of furan rings is 1. The highest BCUT2D eigenvalue weighted by atomic mass is 16.3. The van der Waals surface area contributed by atoms with Crippen molar-refractivity contribution < 1.29 is 4.42 Å². The molecule has 0 aliphatic carbocycles. The van der Waals surface area contributed by atoms with Crippen LogP contribution in [0.1, 0.15) is 0 Å². The minimum Gasteiger partial charge on any atom is -0.455 e. The molecular formula is C59H37N3O. The molecule has 0 spiro atoms. The second-order valence-corrected chi connectivity index (χ2v) is 15.9. The monoisotopic (exact) mass is 803 g/mol. The third-order valence-corrected chi connectivity index (χ3v) is 12.1. The molecule has 0 fully saturated rings. The van der Waals surface area contributed by atoms with Gasteiger partial charge in [0.1, 0.15) is 11.2 Å². The van der Waals surface area contributed by atoms with Crippen molar-refractivity contribution in [1.82, 2.24) is 15.0 Å². The Hall–Kier alpha value is -8.47. The van der Waals surface area contributed by atoms with Gasteiger partial charge in [0.05, 0.1) is 22.6 Å². The molecule has 0 aliphatic rings. The highest BCUT2D eigenvalue weighted by molar-refractivity contribution is 6.24. The Kier molecular flexibility index (Phi) is 8.79. The number of nitrogens with zero attached hydrogens (tertiary/aromatic N) is 3. The smallest absolute Gasteiger partial charge is 0.160 e. The molecule has 0 saturated carbocycles. The molecular weight excluding hydrogens is 767 g/mol. The summed E-state index contributed by atoms with van der Waals surface area (Å²) in [7, 11) is 0. The zero-order valence-electron chi connectivity index (χ0n) is 34.1. The van der Waals surface area contributed by atoms with Gasteiger partial charge in [-0.15, -0.1) is 0 Å². The van der Waals surface area contributed by atoms with Crippen LogP contribution in [-0.4, -0.2) is 15.0 Å². The van der Waals surface area contributed by atoms with E-state index in [-0.39, 0.29) is 0 Å². The first-order valence-electron chi connectivity index (χ1n) is 21.2. The van der Waals surface area contributed by atoms with Gasteiger partial charge < -0.3 is 4.42 Å². The summed E-state index contributed by atoms with van der Waals surface area (Å²) < 4.78 is 6.81. The first-order valence-corrected chi connectivity index (χ1v) is 21.2. The van der Waals surface area contributed by atoms with Gasteiger partial charge in [-0.25, -0.2) is 15.0 Å². The third kappa shape index (κ3) is 6.62. The van der Waals surface area contributed by atoms with Gasteiger partial charge in [-0.2, -0.15) is 0 Å². The number of fused-ring (bicyclic) bond motifs is 7. The molecule has 3 aromatic heterocycles. The van der Waals surface area contributed by atoms with Crippen LogP contribution in [0.3, 0.4) is 0 Å². The maximum absolute atomic E-state index is 6.81. The van der Waals surface area contributed by atoms with Gasteiger partial charge in [0.25, 0.3) is 0 Å². The molecule has 0 atom stereocenters. The van der Waals surface area contributed by atoms with Gasteiger partial charge in [-0.05, 0) is 63.7 Å². The molecule has 0 saturated heterocycles. The van der Waals surface area contributed by atoms with Crippen LogP contribution in [0, 0.1) is 0 Å². The predicted octanol–water partition coefficient (Wildman–Crippen LogP) is 15.7. The van der Waals surface area contributed by atoms with Crippen LogP contribution < -0.4 is 0 Å². The molecule has 3 heterocycles. The van der Waals surface area contributed by atoms with Crippen molar-refractivity contribution in [1.29, 1.82) is 0 Å². The van der Waals surface area contributed by atoms with E-state index >= 15 is 0 Å². The molecule has 12 rings (SSSR count). The summed E-state index contributed by atoms with van der Waals surface area (Å²) in [6.45, 7) is 0. The van der Waals surface area contributed by atoms with Crippen molar-refractivity contribution >= 4 is 43.6 Å². The molecule has 9 aromatic carbocycles. The molecule has 12 aromatic rings. The molecule has 0 aliphatic heterocycles. The quantitative estimate of drug-likeness (QED) is 0.151. The molecule has 0 amide bonds. The third-order valence-electron chi connectivity index (χ3n) is 12.1. The van der Waals surface area contributed by atoms with Crippen LogP contribution in [0.5, 0.6) is 0 Å². The first-order chi connectivity index (χ1) is 31.2. The van der Waals surface area contributed by atoms with E-state index in [1.54, 1.807) is 0 Å². The van der Waals surface area contributed by atoms with Crippen molar-refractivity contribution in [2.24, 2.45) is 0 Å². The van der Waals surface area contributed by atoms with E-state index in [4.69, 9.17) is 19.4 Å². The van der Waals surface area contributed by atoms with Gasteiger partial charge in [-0.1, -0.05) is 194 Å². The maximum atomic E-state index is 6.81. The second kappa shape index (κ2) is 15.2. The minimum absolute atomic E-state index is 0.714.